The minimum absolute atomic E-state index is 0.0515. The maximum Gasteiger partial charge on any atom is 0.409 e. The number of fused-ring (bicyclic) bond motifs is 1. The van der Waals surface area contributed by atoms with E-state index in [1.807, 2.05) is 22.0 Å². The number of aromatic nitrogens is 2. The van der Waals surface area contributed by atoms with Crippen LogP contribution in [0.3, 0.4) is 0 Å². The van der Waals surface area contributed by atoms with Crippen LogP contribution in [0.4, 0.5) is 4.79 Å². The molecule has 2 atom stereocenters. The van der Waals surface area contributed by atoms with Gasteiger partial charge in [0, 0.05) is 49.4 Å². The number of rotatable bonds is 6. The molecule has 1 N–H and O–H groups in total. The molecule has 6 rings (SSSR count). The summed E-state index contributed by atoms with van der Waals surface area (Å²) in [5.41, 5.74) is 0.933. The summed E-state index contributed by atoms with van der Waals surface area (Å²) in [5.74, 6) is 1.02. The Morgan fingerprint density at radius 3 is 2.86 bits per heavy atom. The van der Waals surface area contributed by atoms with E-state index in [4.69, 9.17) is 4.74 Å². The average Bonchev–Trinajstić information content (AvgIpc) is 3.23. The Labute approximate surface area is 205 Å². The number of ether oxygens (including phenoxy) is 1. The SMILES string of the molecule is CC1(COC(=O)N2CCC(N3CC(CC#N)(n4cc(C5N=CN=C6NC=CC65)cn4)C3)CC2)CC1. The lowest BCUT2D eigenvalue weighted by Crippen LogP contribution is -2.66. The number of likely N-dealkylation sites (tertiary alicyclic amines) is 2. The molecule has 35 heavy (non-hydrogen) atoms. The van der Waals surface area contributed by atoms with Crippen molar-refractivity contribution in [2.45, 2.75) is 56.7 Å². The van der Waals surface area contributed by atoms with Crippen LogP contribution >= 0.6 is 0 Å². The fourth-order valence-corrected chi connectivity index (χ4v) is 5.66. The number of nitrogens with zero attached hydrogens (tertiary/aromatic N) is 7. The number of amides is 1. The standard InChI is InChI=1S/C25H32N8O2/c1-24(5-6-24)16-35-23(34)31-10-3-19(4-11-31)32-14-25(15-32,7-8-26)33-13-18(12-30-33)21-20-2-9-27-22(20)29-17-28-21/h2,9,12-13,17,19-21H,3-7,10-11,14-16H2,1H3,(H,27,28,29). The van der Waals surface area contributed by atoms with E-state index in [1.54, 1.807) is 6.34 Å². The maximum atomic E-state index is 12.4. The van der Waals surface area contributed by atoms with Crippen LogP contribution in [-0.4, -0.2) is 76.7 Å². The highest BCUT2D eigenvalue weighted by atomic mass is 16.6. The van der Waals surface area contributed by atoms with Crippen molar-refractivity contribution in [1.82, 2.24) is 24.9 Å². The summed E-state index contributed by atoms with van der Waals surface area (Å²) in [5, 5.41) is 17.5. The highest BCUT2D eigenvalue weighted by Crippen LogP contribution is 2.45. The van der Waals surface area contributed by atoms with Crippen LogP contribution in [0, 0.1) is 22.7 Å². The second kappa shape index (κ2) is 8.48. The van der Waals surface area contributed by atoms with Crippen molar-refractivity contribution >= 4 is 18.3 Å². The number of hydrogen-bond donors (Lipinski definition) is 1. The van der Waals surface area contributed by atoms with Crippen molar-refractivity contribution in [3.63, 3.8) is 0 Å². The lowest BCUT2D eigenvalue weighted by Gasteiger charge is -2.53. The molecule has 0 bridgehead atoms. The van der Waals surface area contributed by atoms with Gasteiger partial charge in [0.05, 0.1) is 37.3 Å². The molecule has 3 fully saturated rings. The fraction of sp³-hybridized carbons (Fsp3) is 0.640. The molecule has 1 aliphatic carbocycles. The Balaban J connectivity index is 1.06. The molecule has 1 aromatic heterocycles. The van der Waals surface area contributed by atoms with E-state index in [0.29, 0.717) is 19.1 Å². The van der Waals surface area contributed by atoms with Crippen molar-refractivity contribution in [3.05, 3.63) is 30.2 Å². The normalized spacial score (nSPS) is 28.5. The molecule has 5 heterocycles. The number of nitriles is 1. The Kier molecular flexibility index (Phi) is 5.40. The van der Waals surface area contributed by atoms with Gasteiger partial charge in [-0.1, -0.05) is 13.0 Å². The number of piperidine rings is 1. The highest BCUT2D eigenvalue weighted by molar-refractivity contribution is 5.96. The van der Waals surface area contributed by atoms with Crippen LogP contribution < -0.4 is 5.32 Å². The van der Waals surface area contributed by atoms with Crippen LogP contribution in [0.1, 0.15) is 50.6 Å². The van der Waals surface area contributed by atoms with E-state index in [2.05, 4.69) is 50.6 Å². The monoisotopic (exact) mass is 476 g/mol. The number of amidine groups is 1. The first-order valence-corrected chi connectivity index (χ1v) is 12.6. The first-order chi connectivity index (χ1) is 17.0. The molecule has 5 aliphatic rings. The van der Waals surface area contributed by atoms with Gasteiger partial charge < -0.3 is 15.0 Å². The van der Waals surface area contributed by atoms with Crippen LogP contribution in [0.15, 0.2) is 34.7 Å². The Morgan fingerprint density at radius 2 is 2.11 bits per heavy atom. The van der Waals surface area contributed by atoms with Gasteiger partial charge in [-0.3, -0.25) is 14.6 Å². The van der Waals surface area contributed by atoms with E-state index in [1.165, 1.54) is 0 Å². The van der Waals surface area contributed by atoms with Crippen LogP contribution in [-0.2, 0) is 10.3 Å². The van der Waals surface area contributed by atoms with Gasteiger partial charge in [0.1, 0.15) is 17.7 Å². The number of hydrogen-bond acceptors (Lipinski definition) is 8. The van der Waals surface area contributed by atoms with Gasteiger partial charge >= 0.3 is 6.09 Å². The summed E-state index contributed by atoms with van der Waals surface area (Å²) < 4.78 is 7.53. The van der Waals surface area contributed by atoms with E-state index < -0.39 is 0 Å². The molecule has 10 nitrogen and oxygen atoms in total. The smallest absolute Gasteiger partial charge is 0.409 e. The van der Waals surface area contributed by atoms with Crippen molar-refractivity contribution in [1.29, 1.82) is 5.26 Å². The molecule has 0 spiro atoms. The zero-order chi connectivity index (χ0) is 24.0. The maximum absolute atomic E-state index is 12.4. The third-order valence-electron chi connectivity index (χ3n) is 8.33. The molecular weight excluding hydrogens is 444 g/mol. The quantitative estimate of drug-likeness (QED) is 0.675. The van der Waals surface area contributed by atoms with Gasteiger partial charge in [-0.15, -0.1) is 0 Å². The average molecular weight is 477 g/mol. The van der Waals surface area contributed by atoms with E-state index >= 15 is 0 Å². The molecule has 10 heteroatoms. The number of nitrogens with one attached hydrogen (secondary N) is 1. The van der Waals surface area contributed by atoms with Gasteiger partial charge in [-0.25, -0.2) is 9.79 Å². The minimum atomic E-state index is -0.318. The summed E-state index contributed by atoms with van der Waals surface area (Å²) in [4.78, 5) is 25.6. The molecule has 4 aliphatic heterocycles. The van der Waals surface area contributed by atoms with Crippen molar-refractivity contribution in [2.75, 3.05) is 32.8 Å². The number of carbonyl (C=O) groups is 1. The number of aliphatic imine (C=N–C) groups is 2. The summed E-state index contributed by atoms with van der Waals surface area (Å²) in [6.07, 6.45) is 14.0. The third kappa shape index (κ3) is 4.12. The first kappa shape index (κ1) is 22.3. The van der Waals surface area contributed by atoms with E-state index in [9.17, 15) is 10.1 Å². The van der Waals surface area contributed by atoms with E-state index in [0.717, 1.165) is 63.3 Å². The van der Waals surface area contributed by atoms with Crippen molar-refractivity contribution in [2.24, 2.45) is 21.3 Å². The molecule has 1 saturated carbocycles. The predicted octanol–water partition coefficient (Wildman–Crippen LogP) is 2.42. The number of carbonyl (C=O) groups excluding carboxylic acids is 1. The lowest BCUT2D eigenvalue weighted by molar-refractivity contribution is -0.0428. The lowest BCUT2D eigenvalue weighted by atomic mass is 9.83. The van der Waals surface area contributed by atoms with Crippen molar-refractivity contribution < 1.29 is 9.53 Å². The van der Waals surface area contributed by atoms with Gasteiger partial charge in [-0.2, -0.15) is 10.4 Å². The molecule has 2 unspecified atom stereocenters. The molecule has 2 saturated heterocycles. The first-order valence-electron chi connectivity index (χ1n) is 12.6. The summed E-state index contributed by atoms with van der Waals surface area (Å²) in [7, 11) is 0. The largest absolute Gasteiger partial charge is 0.449 e. The molecule has 184 valence electrons. The Bertz CT molecular complexity index is 1110. The van der Waals surface area contributed by atoms with Crippen LogP contribution in [0.2, 0.25) is 0 Å². The second-order valence-corrected chi connectivity index (χ2v) is 11.0. The zero-order valence-corrected chi connectivity index (χ0v) is 20.1. The topological polar surface area (TPSA) is 111 Å². The summed E-state index contributed by atoms with van der Waals surface area (Å²) in [6.45, 7) is 5.74. The van der Waals surface area contributed by atoms with Crippen molar-refractivity contribution in [3.8, 4) is 6.07 Å². The van der Waals surface area contributed by atoms with E-state index in [-0.39, 0.29) is 29.0 Å². The fourth-order valence-electron chi connectivity index (χ4n) is 5.66. The minimum Gasteiger partial charge on any atom is -0.449 e. The van der Waals surface area contributed by atoms with Crippen LogP contribution in [0.5, 0.6) is 0 Å². The molecule has 0 aromatic carbocycles. The summed E-state index contributed by atoms with van der Waals surface area (Å²) >= 11 is 0. The zero-order valence-electron chi connectivity index (χ0n) is 20.1. The molecular formula is C25H32N8O2. The Morgan fingerprint density at radius 1 is 1.31 bits per heavy atom. The Hall–Kier alpha value is -3.19. The van der Waals surface area contributed by atoms with Gasteiger partial charge in [-0.05, 0) is 31.9 Å². The molecule has 0 radical (unpaired) electrons. The van der Waals surface area contributed by atoms with Gasteiger partial charge in [0.15, 0.2) is 0 Å². The second-order valence-electron chi connectivity index (χ2n) is 11.0. The predicted molar refractivity (Wildman–Crippen MR) is 130 cm³/mol. The molecule has 1 amide bonds. The highest BCUT2D eigenvalue weighted by Gasteiger charge is 2.48. The third-order valence-corrected chi connectivity index (χ3v) is 8.33. The van der Waals surface area contributed by atoms with Gasteiger partial charge in [0.2, 0.25) is 0 Å². The van der Waals surface area contributed by atoms with Gasteiger partial charge in [0.25, 0.3) is 0 Å². The summed E-state index contributed by atoms with van der Waals surface area (Å²) in [6, 6.07) is 2.75. The molecule has 1 aromatic rings. The van der Waals surface area contributed by atoms with Crippen LogP contribution in [0.25, 0.3) is 0 Å².